The second-order valence-electron chi connectivity index (χ2n) is 4.79. The summed E-state index contributed by atoms with van der Waals surface area (Å²) in [5.74, 6) is 0.213. The summed E-state index contributed by atoms with van der Waals surface area (Å²) in [6, 6.07) is 0. The molecule has 1 N–H and O–H groups in total. The number of aliphatic hydroxyl groups is 1. The van der Waals surface area contributed by atoms with Crippen molar-refractivity contribution in [1.29, 1.82) is 0 Å². The molecule has 0 amide bonds. The molecule has 0 bridgehead atoms. The Hall–Kier alpha value is -0.500. The lowest BCUT2D eigenvalue weighted by Gasteiger charge is -2.31. The van der Waals surface area contributed by atoms with Gasteiger partial charge < -0.3 is 5.11 Å². The van der Waals surface area contributed by atoms with Crippen molar-refractivity contribution in [3.8, 4) is 0 Å². The maximum absolute atomic E-state index is 11.5. The molecule has 2 atom stereocenters. The van der Waals surface area contributed by atoms with Gasteiger partial charge in [0.05, 0.1) is 23.6 Å². The maximum atomic E-state index is 11.5. The number of rotatable bonds is 4. The molecule has 2 unspecified atom stereocenters. The van der Waals surface area contributed by atoms with E-state index in [9.17, 15) is 13.5 Å². The van der Waals surface area contributed by atoms with Crippen molar-refractivity contribution in [2.24, 2.45) is 5.92 Å². The first-order chi connectivity index (χ1) is 8.47. The van der Waals surface area contributed by atoms with Gasteiger partial charge in [0.15, 0.2) is 0 Å². The third kappa shape index (κ3) is 3.50. The zero-order chi connectivity index (χ0) is 13.2. The van der Waals surface area contributed by atoms with E-state index in [1.807, 2.05) is 5.38 Å². The van der Waals surface area contributed by atoms with Gasteiger partial charge in [0.25, 0.3) is 0 Å². The van der Waals surface area contributed by atoms with Crippen LogP contribution in [0.25, 0.3) is 0 Å². The van der Waals surface area contributed by atoms with Crippen LogP contribution in [0.15, 0.2) is 10.9 Å². The first-order valence-corrected chi connectivity index (χ1v) is 8.77. The van der Waals surface area contributed by atoms with Crippen LogP contribution in [0.1, 0.15) is 31.1 Å². The minimum absolute atomic E-state index is 0.213. The van der Waals surface area contributed by atoms with E-state index in [1.54, 1.807) is 5.51 Å². The smallest absolute Gasteiger partial charge is 0.211 e. The van der Waals surface area contributed by atoms with E-state index in [0.717, 1.165) is 12.8 Å². The van der Waals surface area contributed by atoms with Gasteiger partial charge >= 0.3 is 0 Å². The predicted molar refractivity (Wildman–Crippen MR) is 70.8 cm³/mol. The molecular weight excluding hydrogens is 272 g/mol. The van der Waals surface area contributed by atoms with E-state index in [-0.39, 0.29) is 5.92 Å². The Morgan fingerprint density at radius 3 is 3.06 bits per heavy atom. The van der Waals surface area contributed by atoms with Crippen molar-refractivity contribution in [2.75, 3.05) is 19.3 Å². The van der Waals surface area contributed by atoms with Crippen LogP contribution in [0, 0.1) is 5.92 Å². The topological polar surface area (TPSA) is 70.5 Å². The monoisotopic (exact) mass is 290 g/mol. The van der Waals surface area contributed by atoms with Crippen LogP contribution >= 0.6 is 11.3 Å². The number of sulfonamides is 1. The van der Waals surface area contributed by atoms with E-state index in [1.165, 1.54) is 21.9 Å². The average molecular weight is 290 g/mol. The number of hydrogen-bond donors (Lipinski definition) is 1. The van der Waals surface area contributed by atoms with Crippen molar-refractivity contribution in [3.05, 3.63) is 16.6 Å². The fourth-order valence-corrected chi connectivity index (χ4v) is 3.89. The second-order valence-corrected chi connectivity index (χ2v) is 7.50. The highest BCUT2D eigenvalue weighted by atomic mass is 32.2. The Labute approximate surface area is 112 Å². The Morgan fingerprint density at radius 1 is 1.67 bits per heavy atom. The molecule has 102 valence electrons. The fraction of sp³-hybridized carbons (Fsp3) is 0.727. The molecule has 1 aliphatic rings. The molecule has 0 aromatic carbocycles. The van der Waals surface area contributed by atoms with Crippen molar-refractivity contribution in [3.63, 3.8) is 0 Å². The zero-order valence-corrected chi connectivity index (χ0v) is 12.0. The Kier molecular flexibility index (Phi) is 4.37. The normalized spacial score (nSPS) is 24.0. The third-order valence-corrected chi connectivity index (χ3v) is 5.17. The highest BCUT2D eigenvalue weighted by Gasteiger charge is 2.27. The van der Waals surface area contributed by atoms with Crippen LogP contribution in [0.2, 0.25) is 0 Å². The summed E-state index contributed by atoms with van der Waals surface area (Å²) in [7, 11) is -3.11. The number of piperidine rings is 1. The van der Waals surface area contributed by atoms with Crippen LogP contribution < -0.4 is 0 Å². The van der Waals surface area contributed by atoms with Gasteiger partial charge in [-0.05, 0) is 25.2 Å². The predicted octanol–water partition coefficient (Wildman–Crippen LogP) is 1.24. The molecule has 1 aromatic rings. The largest absolute Gasteiger partial charge is 0.387 e. The Morgan fingerprint density at radius 2 is 2.44 bits per heavy atom. The molecule has 1 aliphatic heterocycles. The van der Waals surface area contributed by atoms with Gasteiger partial charge in [-0.15, -0.1) is 11.3 Å². The minimum Gasteiger partial charge on any atom is -0.387 e. The standard InChI is InChI=1S/C11H18N2O3S2/c1-18(15,16)13-4-2-3-9(6-13)5-11(14)10-7-17-8-12-10/h7-9,11,14H,2-6H2,1H3. The molecular formula is C11H18N2O3S2. The van der Waals surface area contributed by atoms with Crippen LogP contribution in [-0.2, 0) is 10.0 Å². The molecule has 1 aromatic heterocycles. The lowest BCUT2D eigenvalue weighted by Crippen LogP contribution is -2.39. The van der Waals surface area contributed by atoms with Crippen LogP contribution in [0.3, 0.4) is 0 Å². The van der Waals surface area contributed by atoms with Gasteiger partial charge in [0.1, 0.15) is 0 Å². The summed E-state index contributed by atoms with van der Waals surface area (Å²) in [5, 5.41) is 11.9. The molecule has 0 spiro atoms. The molecule has 1 saturated heterocycles. The Bertz CT molecular complexity index is 472. The van der Waals surface area contributed by atoms with Crippen LogP contribution in [0.5, 0.6) is 0 Å². The first kappa shape index (κ1) is 13.9. The zero-order valence-electron chi connectivity index (χ0n) is 10.3. The fourth-order valence-electron chi connectivity index (χ4n) is 2.34. The van der Waals surface area contributed by atoms with Crippen molar-refractivity contribution in [1.82, 2.24) is 9.29 Å². The van der Waals surface area contributed by atoms with Gasteiger partial charge in [-0.3, -0.25) is 0 Å². The van der Waals surface area contributed by atoms with Crippen molar-refractivity contribution < 1.29 is 13.5 Å². The summed E-state index contributed by atoms with van der Waals surface area (Å²) < 4.78 is 24.5. The molecule has 0 saturated carbocycles. The SMILES string of the molecule is CS(=O)(=O)N1CCCC(CC(O)c2cscn2)C1. The van der Waals surface area contributed by atoms with Gasteiger partial charge in [0.2, 0.25) is 10.0 Å². The van der Waals surface area contributed by atoms with Crippen LogP contribution in [0.4, 0.5) is 0 Å². The average Bonchev–Trinajstić information content (AvgIpc) is 2.81. The first-order valence-electron chi connectivity index (χ1n) is 5.98. The summed E-state index contributed by atoms with van der Waals surface area (Å²) in [4.78, 5) is 4.09. The minimum atomic E-state index is -3.11. The number of thiazole rings is 1. The molecule has 5 nitrogen and oxygen atoms in total. The second kappa shape index (κ2) is 5.64. The quantitative estimate of drug-likeness (QED) is 0.905. The van der Waals surface area contributed by atoms with E-state index in [4.69, 9.17) is 0 Å². The summed E-state index contributed by atoms with van der Waals surface area (Å²) >= 11 is 1.46. The van der Waals surface area contributed by atoms with Crippen molar-refractivity contribution in [2.45, 2.75) is 25.4 Å². The number of nitrogens with zero attached hydrogens (tertiary/aromatic N) is 2. The molecule has 2 heterocycles. The number of aliphatic hydroxyl groups excluding tert-OH is 1. The maximum Gasteiger partial charge on any atom is 0.211 e. The van der Waals surface area contributed by atoms with Gasteiger partial charge in [-0.2, -0.15) is 0 Å². The van der Waals surface area contributed by atoms with Gasteiger partial charge in [0, 0.05) is 18.5 Å². The van der Waals surface area contributed by atoms with Crippen molar-refractivity contribution >= 4 is 21.4 Å². The molecule has 0 aliphatic carbocycles. The summed E-state index contributed by atoms with van der Waals surface area (Å²) in [6.07, 6.45) is 3.07. The summed E-state index contributed by atoms with van der Waals surface area (Å²) in [5.41, 5.74) is 2.39. The Balaban J connectivity index is 1.94. The molecule has 2 rings (SSSR count). The van der Waals surface area contributed by atoms with Gasteiger partial charge in [-0.1, -0.05) is 0 Å². The molecule has 18 heavy (non-hydrogen) atoms. The molecule has 1 fully saturated rings. The third-order valence-electron chi connectivity index (χ3n) is 3.30. The number of hydrogen-bond acceptors (Lipinski definition) is 5. The lowest BCUT2D eigenvalue weighted by molar-refractivity contribution is 0.120. The molecule has 7 heteroatoms. The lowest BCUT2D eigenvalue weighted by atomic mass is 9.93. The van der Waals surface area contributed by atoms with E-state index in [2.05, 4.69) is 4.98 Å². The number of aromatic nitrogens is 1. The van der Waals surface area contributed by atoms with E-state index in [0.29, 0.717) is 25.2 Å². The van der Waals surface area contributed by atoms with E-state index < -0.39 is 16.1 Å². The van der Waals surface area contributed by atoms with Gasteiger partial charge in [-0.25, -0.2) is 17.7 Å². The van der Waals surface area contributed by atoms with E-state index >= 15 is 0 Å². The summed E-state index contributed by atoms with van der Waals surface area (Å²) in [6.45, 7) is 1.11. The molecule has 0 radical (unpaired) electrons. The van der Waals surface area contributed by atoms with Crippen LogP contribution in [-0.4, -0.2) is 42.2 Å². The highest BCUT2D eigenvalue weighted by Crippen LogP contribution is 2.28. The highest BCUT2D eigenvalue weighted by molar-refractivity contribution is 7.88.